The van der Waals surface area contributed by atoms with E-state index in [9.17, 15) is 9.59 Å². The molecule has 3 aromatic heterocycles. The minimum atomic E-state index is -0.638. The number of ether oxygens (including phenoxy) is 1. The van der Waals surface area contributed by atoms with E-state index < -0.39 is 23.2 Å². The van der Waals surface area contributed by atoms with Crippen LogP contribution >= 0.6 is 11.6 Å². The lowest BCUT2D eigenvalue weighted by molar-refractivity contribution is 0.0130. The predicted molar refractivity (Wildman–Crippen MR) is 188 cm³/mol. The maximum absolute atomic E-state index is 15.2. The van der Waals surface area contributed by atoms with Gasteiger partial charge in [0.15, 0.2) is 5.65 Å². The molecule has 12 heteroatoms. The molecule has 1 saturated heterocycles. The first-order valence-corrected chi connectivity index (χ1v) is 17.0. The summed E-state index contributed by atoms with van der Waals surface area (Å²) in [7, 11) is 0. The molecule has 48 heavy (non-hydrogen) atoms. The number of aryl methyl sites for hydroxylation is 1. The van der Waals surface area contributed by atoms with Crippen LogP contribution in [0, 0.1) is 5.82 Å². The number of benzene rings is 1. The van der Waals surface area contributed by atoms with Crippen molar-refractivity contribution >= 4 is 34.5 Å². The minimum absolute atomic E-state index is 0.0624. The molecule has 5 rings (SSSR count). The third kappa shape index (κ3) is 6.74. The normalized spacial score (nSPS) is 17.1. The van der Waals surface area contributed by atoms with Crippen LogP contribution < -0.4 is 10.6 Å². The topological polar surface area (TPSA) is 106 Å². The van der Waals surface area contributed by atoms with E-state index in [4.69, 9.17) is 36.3 Å². The Labute approximate surface area is 286 Å². The van der Waals surface area contributed by atoms with Crippen molar-refractivity contribution in [1.29, 1.82) is 0 Å². The van der Waals surface area contributed by atoms with Gasteiger partial charge in [0, 0.05) is 37.2 Å². The largest absolute Gasteiger partial charge is 0.444 e. The number of fused-ring (bicyclic) bond motifs is 1. The fraction of sp³-hybridized carbons (Fsp3) is 0.500. The molecule has 1 aromatic carbocycles. The molecule has 0 radical (unpaired) electrons. The Kier molecular flexibility index (Phi) is 9.83. The molecular weight excluding hydrogens is 633 g/mol. The second kappa shape index (κ2) is 13.4. The molecule has 4 heterocycles. The van der Waals surface area contributed by atoms with Gasteiger partial charge in [-0.2, -0.15) is 4.98 Å². The maximum Gasteiger partial charge on any atom is 0.410 e. The van der Waals surface area contributed by atoms with E-state index in [2.05, 4.69) is 0 Å². The first kappa shape index (κ1) is 35.2. The summed E-state index contributed by atoms with van der Waals surface area (Å²) in [6.07, 6.45) is 0.232. The van der Waals surface area contributed by atoms with Crippen LogP contribution in [0.5, 0.6) is 0 Å². The molecule has 0 unspecified atom stereocenters. The van der Waals surface area contributed by atoms with E-state index >= 15 is 4.39 Å². The van der Waals surface area contributed by atoms with Gasteiger partial charge in [-0.3, -0.25) is 0 Å². The molecule has 0 aliphatic carbocycles. The zero-order valence-corrected chi connectivity index (χ0v) is 30.2. The van der Waals surface area contributed by atoms with E-state index in [-0.39, 0.29) is 45.8 Å². The number of hydrogen-bond acceptors (Lipinski definition) is 8. The average molecular weight is 678 g/mol. The van der Waals surface area contributed by atoms with Crippen LogP contribution in [-0.2, 0) is 11.2 Å². The minimum Gasteiger partial charge on any atom is -0.444 e. The Morgan fingerprint density at radius 2 is 1.62 bits per heavy atom. The molecule has 2 atom stereocenters. The van der Waals surface area contributed by atoms with Crippen LogP contribution in [0.25, 0.3) is 28.0 Å². The van der Waals surface area contributed by atoms with Crippen molar-refractivity contribution in [2.24, 2.45) is 0 Å². The fourth-order valence-electron chi connectivity index (χ4n) is 6.10. The summed E-state index contributed by atoms with van der Waals surface area (Å²) in [5.74, 6) is 0.450. The molecule has 10 nitrogen and oxygen atoms in total. The van der Waals surface area contributed by atoms with Gasteiger partial charge in [-0.15, -0.1) is 0 Å². The number of pyridine rings is 1. The molecule has 4 aromatic rings. The lowest BCUT2D eigenvalue weighted by Crippen LogP contribution is -2.59. The highest BCUT2D eigenvalue weighted by Gasteiger charge is 2.37. The number of hydrogen-bond donors (Lipinski definition) is 0. The molecule has 0 saturated carbocycles. The van der Waals surface area contributed by atoms with Crippen LogP contribution in [0.15, 0.2) is 35.1 Å². The number of piperazine rings is 1. The summed E-state index contributed by atoms with van der Waals surface area (Å²) in [6.45, 7) is 20.2. The Bertz CT molecular complexity index is 1890. The highest BCUT2D eigenvalue weighted by atomic mass is 35.5. The first-order valence-electron chi connectivity index (χ1n) is 16.6. The van der Waals surface area contributed by atoms with E-state index in [1.54, 1.807) is 29.2 Å². The highest BCUT2D eigenvalue weighted by Crippen LogP contribution is 2.37. The zero-order valence-electron chi connectivity index (χ0n) is 29.4. The SMILES string of the molecule is CCc1nc(C(C)C)c(-n2c(=O)nc(N3C[C@@H](C)N(C(=O)OC(C)(C)C)C[C@@H]3C)c3cc(Cl)c(-c4ccccc4F)nc32)c(C(C)C)n1. The van der Waals surface area contributed by atoms with Crippen LogP contribution in [0.4, 0.5) is 15.0 Å². The lowest BCUT2D eigenvalue weighted by Gasteiger charge is -2.44. The molecule has 0 bridgehead atoms. The van der Waals surface area contributed by atoms with Crippen LogP contribution in [-0.4, -0.2) is 66.3 Å². The molecule has 256 valence electrons. The Morgan fingerprint density at radius 1 is 1.00 bits per heavy atom. The maximum atomic E-state index is 15.2. The number of amides is 1. The highest BCUT2D eigenvalue weighted by molar-refractivity contribution is 6.33. The van der Waals surface area contributed by atoms with Crippen molar-refractivity contribution in [3.63, 3.8) is 0 Å². The molecule has 0 N–H and O–H groups in total. The molecular formula is C36H45ClFN7O3. The zero-order chi connectivity index (χ0) is 35.2. The second-order valence-corrected chi connectivity index (χ2v) is 14.5. The van der Waals surface area contributed by atoms with Gasteiger partial charge in [-0.25, -0.2) is 33.5 Å². The lowest BCUT2D eigenvalue weighted by atomic mass is 10.0. The van der Waals surface area contributed by atoms with Crippen molar-refractivity contribution in [3.05, 3.63) is 68.9 Å². The summed E-state index contributed by atoms with van der Waals surface area (Å²) in [5.41, 5.74) is 1.38. The smallest absolute Gasteiger partial charge is 0.410 e. The van der Waals surface area contributed by atoms with Crippen LogP contribution in [0.3, 0.4) is 0 Å². The Balaban J connectivity index is 1.80. The number of anilines is 1. The van der Waals surface area contributed by atoms with Gasteiger partial charge >= 0.3 is 11.8 Å². The summed E-state index contributed by atoms with van der Waals surface area (Å²) in [5, 5.41) is 0.716. The molecule has 1 fully saturated rings. The van der Waals surface area contributed by atoms with E-state index in [1.165, 1.54) is 10.6 Å². The van der Waals surface area contributed by atoms with Crippen molar-refractivity contribution < 1.29 is 13.9 Å². The standard InChI is InChI=1S/C36H45ClFN7O3/c1-11-27-39-28(19(2)3)31(29(40-27)20(4)5)45-33-24(16-25(37)30(41-33)23-14-12-13-15-26(23)38)32(42-34(45)46)43-17-22(7)44(18-21(43)6)35(47)48-36(8,9)10/h12-16,19-22H,11,17-18H2,1-10H3/t21-,22+/m0/s1. The summed E-state index contributed by atoms with van der Waals surface area (Å²) in [4.78, 5) is 50.7. The predicted octanol–water partition coefficient (Wildman–Crippen LogP) is 7.67. The Morgan fingerprint density at radius 3 is 2.19 bits per heavy atom. The molecule has 1 aliphatic heterocycles. The van der Waals surface area contributed by atoms with Gasteiger partial charge in [-0.1, -0.05) is 58.4 Å². The monoisotopic (exact) mass is 677 g/mol. The number of rotatable bonds is 6. The first-order chi connectivity index (χ1) is 22.5. The van der Waals surface area contributed by atoms with Gasteiger partial charge in [0.2, 0.25) is 0 Å². The summed E-state index contributed by atoms with van der Waals surface area (Å²) >= 11 is 6.90. The van der Waals surface area contributed by atoms with Crippen LogP contribution in [0.1, 0.15) is 98.3 Å². The number of carbonyl (C=O) groups excluding carboxylic acids is 1. The second-order valence-electron chi connectivity index (χ2n) is 14.1. The van der Waals surface area contributed by atoms with Gasteiger partial charge in [0.05, 0.1) is 33.2 Å². The number of aromatic nitrogens is 5. The molecule has 0 spiro atoms. The number of nitrogens with zero attached hydrogens (tertiary/aromatic N) is 7. The van der Waals surface area contributed by atoms with Crippen LogP contribution in [0.2, 0.25) is 5.02 Å². The van der Waals surface area contributed by atoms with Crippen molar-refractivity contribution in [2.45, 2.75) is 105 Å². The number of halogens is 2. The molecule has 1 aliphatic rings. The average Bonchev–Trinajstić information content (AvgIpc) is 3.00. The van der Waals surface area contributed by atoms with Gasteiger partial charge in [0.1, 0.15) is 23.1 Å². The number of carbonyl (C=O) groups is 1. The van der Waals surface area contributed by atoms with Gasteiger partial charge < -0.3 is 14.5 Å². The quantitative estimate of drug-likeness (QED) is 0.205. The van der Waals surface area contributed by atoms with E-state index in [0.29, 0.717) is 53.6 Å². The third-order valence-corrected chi connectivity index (χ3v) is 8.72. The van der Waals surface area contributed by atoms with Crippen molar-refractivity contribution in [3.8, 4) is 16.9 Å². The van der Waals surface area contributed by atoms with E-state index in [0.717, 1.165) is 0 Å². The summed E-state index contributed by atoms with van der Waals surface area (Å²) < 4.78 is 22.3. The van der Waals surface area contributed by atoms with Crippen molar-refractivity contribution in [1.82, 2.24) is 29.4 Å². The fourth-order valence-corrected chi connectivity index (χ4v) is 6.35. The Hall–Kier alpha value is -4.12. The van der Waals surface area contributed by atoms with Crippen molar-refractivity contribution in [2.75, 3.05) is 18.0 Å². The third-order valence-electron chi connectivity index (χ3n) is 8.43. The van der Waals surface area contributed by atoms with E-state index in [1.807, 2.05) is 74.1 Å². The van der Waals surface area contributed by atoms with Gasteiger partial charge in [0.25, 0.3) is 0 Å². The van der Waals surface area contributed by atoms with Gasteiger partial charge in [-0.05, 0) is 64.7 Å². The summed E-state index contributed by atoms with van der Waals surface area (Å²) in [6, 6.07) is 7.47. The molecule has 1 amide bonds.